The van der Waals surface area contributed by atoms with Gasteiger partial charge in [-0.25, -0.2) is 14.3 Å². The first-order valence-electron chi connectivity index (χ1n) is 11.5. The number of nitrogens with one attached hydrogen (secondary N) is 1. The van der Waals surface area contributed by atoms with Crippen LogP contribution in [-0.2, 0) is 29.8 Å². The van der Waals surface area contributed by atoms with Crippen LogP contribution in [-0.4, -0.2) is 69.5 Å². The molecule has 0 unspecified atom stereocenters. The topological polar surface area (TPSA) is 254 Å². The van der Waals surface area contributed by atoms with E-state index in [1.807, 2.05) is 0 Å². The summed E-state index contributed by atoms with van der Waals surface area (Å²) in [7, 11) is -9.00. The number of hydrogen-bond donors (Lipinski definition) is 5. The first-order valence-corrected chi connectivity index (χ1v) is 14.4. The van der Waals surface area contributed by atoms with Crippen molar-refractivity contribution >= 4 is 55.6 Å². The molecular weight excluding hydrogens is 691 g/mol. The fraction of sp³-hybridized carbons (Fsp3) is 0. The number of benzene rings is 2. The fourth-order valence-corrected chi connectivity index (χ4v) is 4.70. The van der Waals surface area contributed by atoms with Gasteiger partial charge in [0.15, 0.2) is 11.4 Å². The van der Waals surface area contributed by atoms with Crippen LogP contribution in [0.3, 0.4) is 0 Å². The molecule has 0 fully saturated rings. The summed E-state index contributed by atoms with van der Waals surface area (Å²) in [5.74, 6) is -3.89. The Labute approximate surface area is 342 Å². The number of carboxylic acid groups (broad SMARTS) is 2. The number of hydrazone groups is 1. The Morgan fingerprint density at radius 2 is 1.29 bits per heavy atom. The van der Waals surface area contributed by atoms with Crippen LogP contribution < -0.4 is 113 Å². The van der Waals surface area contributed by atoms with Crippen molar-refractivity contribution in [1.29, 1.82) is 0 Å². The van der Waals surface area contributed by atoms with E-state index in [0.29, 0.717) is 0 Å². The normalized spacial score (nSPS) is 14.4. The van der Waals surface area contributed by atoms with Gasteiger partial charge in [-0.1, -0.05) is 18.2 Å². The molecular formula is C25H20K2N4O12S2. The van der Waals surface area contributed by atoms with Crippen molar-refractivity contribution in [1.82, 2.24) is 9.78 Å². The molecule has 0 bridgehead atoms. The zero-order chi connectivity index (χ0) is 31.7. The first-order chi connectivity index (χ1) is 20.1. The van der Waals surface area contributed by atoms with Gasteiger partial charge in [0.1, 0.15) is 0 Å². The van der Waals surface area contributed by atoms with Crippen molar-refractivity contribution in [2.75, 3.05) is 5.01 Å². The van der Waals surface area contributed by atoms with Gasteiger partial charge in [0.25, 0.3) is 31.7 Å². The van der Waals surface area contributed by atoms with Gasteiger partial charge in [-0.05, 0) is 60.7 Å². The van der Waals surface area contributed by atoms with Crippen molar-refractivity contribution in [3.8, 4) is 5.69 Å². The summed E-state index contributed by atoms with van der Waals surface area (Å²) < 4.78 is 64.0. The number of anilines is 1. The number of allylic oxidation sites excluding steroid dienone is 4. The van der Waals surface area contributed by atoms with E-state index >= 15 is 0 Å². The van der Waals surface area contributed by atoms with Crippen molar-refractivity contribution in [2.24, 2.45) is 5.10 Å². The second kappa shape index (κ2) is 15.6. The number of aromatic amines is 1. The Balaban J connectivity index is 0.00000529. The molecule has 3 aromatic rings. The van der Waals surface area contributed by atoms with E-state index in [2.05, 4.69) is 10.2 Å². The minimum atomic E-state index is -4.50. The van der Waals surface area contributed by atoms with E-state index in [0.717, 1.165) is 58.2 Å². The van der Waals surface area contributed by atoms with Crippen LogP contribution in [0.15, 0.2) is 98.1 Å². The van der Waals surface area contributed by atoms with Gasteiger partial charge in [-0.15, -0.1) is 0 Å². The number of amides is 1. The summed E-state index contributed by atoms with van der Waals surface area (Å²) in [6, 6.07) is 8.62. The average molecular weight is 711 g/mol. The Hall–Kier alpha value is -2.16. The maximum Gasteiger partial charge on any atom is 1.00 e. The number of nitrogens with zero attached hydrogens (tertiary/aromatic N) is 3. The number of carbonyl (C=O) groups excluding carboxylic acids is 1. The Kier molecular flexibility index (Phi) is 13.5. The second-order valence-electron chi connectivity index (χ2n) is 8.48. The minimum absolute atomic E-state index is 0. The van der Waals surface area contributed by atoms with Crippen molar-refractivity contribution in [3.05, 3.63) is 100 Å². The number of hydrogen-bond acceptors (Lipinski definition) is 9. The smallest absolute Gasteiger partial charge is 1.00 e. The number of carboxylic acids is 2. The number of aliphatic carboxylic acids is 1. The largest absolute Gasteiger partial charge is 1.00 e. The number of H-pyrrole nitrogens is 1. The third-order valence-corrected chi connectivity index (χ3v) is 7.48. The molecule has 0 radical (unpaired) electrons. The van der Waals surface area contributed by atoms with E-state index in [-0.39, 0.29) is 128 Å². The average Bonchev–Trinajstić information content (AvgIpc) is 3.44. The first kappa shape index (κ1) is 39.0. The van der Waals surface area contributed by atoms with Crippen molar-refractivity contribution in [3.63, 3.8) is 0 Å². The molecule has 45 heavy (non-hydrogen) atoms. The Morgan fingerprint density at radius 3 is 1.76 bits per heavy atom. The van der Waals surface area contributed by atoms with Gasteiger partial charge >= 0.3 is 115 Å². The molecule has 0 saturated carbocycles. The molecule has 2 aromatic carbocycles. The Morgan fingerprint density at radius 1 is 0.778 bits per heavy atom. The van der Waals surface area contributed by atoms with Crippen LogP contribution >= 0.6 is 0 Å². The van der Waals surface area contributed by atoms with Crippen LogP contribution in [0.4, 0.5) is 5.69 Å². The fourth-order valence-electron chi connectivity index (χ4n) is 3.74. The summed E-state index contributed by atoms with van der Waals surface area (Å²) in [5, 5.41) is 25.9. The SMILES string of the molecule is O=C(O)C1=NN(c2ccc(S(=O)(=O)O)cc2)C(=O)\C1=C/C=C/C=C/c1c(C(=O)O)[nH]n(-c2ccc(S(=O)(=O)O)cc2)c1=O.[H-].[H-].[K+].[K+]. The zero-order valence-electron chi connectivity index (χ0n) is 25.2. The summed E-state index contributed by atoms with van der Waals surface area (Å²) in [5.41, 5.74) is -2.51. The summed E-state index contributed by atoms with van der Waals surface area (Å²) in [6.07, 6.45) is 5.98. The van der Waals surface area contributed by atoms with Crippen LogP contribution in [0.1, 0.15) is 18.9 Å². The molecule has 4 rings (SSSR count). The number of carbonyl (C=O) groups is 3. The molecule has 1 aliphatic rings. The molecule has 0 spiro atoms. The van der Waals surface area contributed by atoms with Crippen LogP contribution in [0.2, 0.25) is 0 Å². The summed E-state index contributed by atoms with van der Waals surface area (Å²) in [4.78, 5) is 48.3. The van der Waals surface area contributed by atoms with Gasteiger partial charge in [-0.2, -0.15) is 26.9 Å². The van der Waals surface area contributed by atoms with Crippen molar-refractivity contribution in [2.45, 2.75) is 9.79 Å². The molecule has 1 aromatic heterocycles. The standard InChI is InChI=1S/C25H18N4O12S2.2K.2H/c30-22-18(20(24(32)33)26-28(22)14-6-10-16(11-7-14)42(36,37)38)4-2-1-3-5-19-21(25(34)35)27-29(23(19)31)15-8-12-17(13-9-15)43(39,40)41;;;;/h1-13,26H,(H,32,33)(H,34,35)(H,36,37,38)(H,39,40,41);;;;/q;2*+1;2*-1/b3-1+,4-2+,19-5-;;;;. The third-order valence-electron chi connectivity index (χ3n) is 5.74. The molecule has 5 N–H and O–H groups in total. The van der Waals surface area contributed by atoms with Crippen molar-refractivity contribution < 1.29 is 156 Å². The maximum atomic E-state index is 12.9. The molecule has 1 aliphatic heterocycles. The van der Waals surface area contributed by atoms with Gasteiger partial charge < -0.3 is 13.1 Å². The van der Waals surface area contributed by atoms with Crippen LogP contribution in [0.5, 0.6) is 0 Å². The number of aromatic carboxylic acids is 1. The quantitative estimate of drug-likeness (QED) is 0.0611. The summed E-state index contributed by atoms with van der Waals surface area (Å²) in [6.45, 7) is 0. The van der Waals surface area contributed by atoms with Gasteiger partial charge in [-0.3, -0.25) is 23.8 Å². The molecule has 16 nitrogen and oxygen atoms in total. The van der Waals surface area contributed by atoms with E-state index < -0.39 is 64.8 Å². The molecule has 226 valence electrons. The van der Waals surface area contributed by atoms with Gasteiger partial charge in [0, 0.05) is 0 Å². The maximum absolute atomic E-state index is 12.9. The minimum Gasteiger partial charge on any atom is -1.00 e. The monoisotopic (exact) mass is 710 g/mol. The summed E-state index contributed by atoms with van der Waals surface area (Å²) >= 11 is 0. The predicted molar refractivity (Wildman–Crippen MR) is 150 cm³/mol. The van der Waals surface area contributed by atoms with E-state index in [1.165, 1.54) is 30.4 Å². The molecule has 2 heterocycles. The molecule has 0 aliphatic carbocycles. The second-order valence-corrected chi connectivity index (χ2v) is 11.3. The van der Waals surface area contributed by atoms with E-state index in [1.54, 1.807) is 0 Å². The van der Waals surface area contributed by atoms with E-state index in [9.17, 15) is 46.2 Å². The molecule has 20 heteroatoms. The molecule has 1 amide bonds. The number of aromatic nitrogens is 2. The third kappa shape index (κ3) is 9.01. The Bertz CT molecular complexity index is 2070. The van der Waals surface area contributed by atoms with Crippen LogP contribution in [0, 0.1) is 0 Å². The van der Waals surface area contributed by atoms with Gasteiger partial charge in [0.2, 0.25) is 0 Å². The predicted octanol–water partition coefficient (Wildman–Crippen LogP) is -4.43. The molecule has 0 saturated heterocycles. The van der Waals surface area contributed by atoms with Crippen LogP contribution in [0.25, 0.3) is 11.8 Å². The zero-order valence-corrected chi connectivity index (χ0v) is 31.1. The number of rotatable bonds is 9. The van der Waals surface area contributed by atoms with Gasteiger partial charge in [0.05, 0.1) is 32.3 Å². The van der Waals surface area contributed by atoms with E-state index in [4.69, 9.17) is 9.11 Å². The molecule has 0 atom stereocenters.